The minimum absolute atomic E-state index is 0.147. The molecule has 1 saturated heterocycles. The zero-order chi connectivity index (χ0) is 16.4. The van der Waals surface area contributed by atoms with E-state index >= 15 is 0 Å². The van der Waals surface area contributed by atoms with Crippen molar-refractivity contribution in [2.75, 3.05) is 6.54 Å². The monoisotopic (exact) mass is 394 g/mol. The number of nitrogens with zero attached hydrogens (tertiary/aromatic N) is 2. The summed E-state index contributed by atoms with van der Waals surface area (Å²) in [5, 5.41) is 11.9. The van der Waals surface area contributed by atoms with E-state index in [0.717, 1.165) is 21.5 Å². The van der Waals surface area contributed by atoms with Crippen molar-refractivity contribution in [3.05, 3.63) is 39.8 Å². The van der Waals surface area contributed by atoms with Crippen molar-refractivity contribution in [2.45, 2.75) is 25.3 Å². The summed E-state index contributed by atoms with van der Waals surface area (Å²) in [6, 6.07) is 7.14. The van der Waals surface area contributed by atoms with Crippen molar-refractivity contribution >= 4 is 39.1 Å². The molecule has 1 aromatic heterocycles. The van der Waals surface area contributed by atoms with Crippen LogP contribution in [0.25, 0.3) is 10.6 Å². The average Bonchev–Trinajstić information content (AvgIpc) is 3.16. The van der Waals surface area contributed by atoms with Crippen LogP contribution >= 0.6 is 27.3 Å². The van der Waals surface area contributed by atoms with E-state index in [2.05, 4.69) is 20.9 Å². The van der Waals surface area contributed by atoms with Crippen LogP contribution in [-0.2, 0) is 16.0 Å². The number of aromatic nitrogens is 1. The van der Waals surface area contributed by atoms with E-state index in [9.17, 15) is 9.59 Å². The number of benzene rings is 1. The summed E-state index contributed by atoms with van der Waals surface area (Å²) in [5.74, 6) is -1.09. The van der Waals surface area contributed by atoms with Crippen LogP contribution < -0.4 is 0 Å². The molecular weight excluding hydrogens is 380 g/mol. The predicted octanol–water partition coefficient (Wildman–Crippen LogP) is 3.19. The number of aliphatic carboxylic acids is 1. The second-order valence-corrected chi connectivity index (χ2v) is 7.19. The smallest absolute Gasteiger partial charge is 0.326 e. The maximum Gasteiger partial charge on any atom is 0.326 e. The first-order chi connectivity index (χ1) is 11.0. The Bertz CT molecular complexity index is 746. The molecule has 1 amide bonds. The quantitative estimate of drug-likeness (QED) is 0.863. The molecule has 23 heavy (non-hydrogen) atoms. The maximum atomic E-state index is 12.3. The number of likely N-dealkylation sites (tertiary alicyclic amines) is 1. The molecule has 7 heteroatoms. The number of hydrogen-bond donors (Lipinski definition) is 1. The zero-order valence-corrected chi connectivity index (χ0v) is 14.6. The topological polar surface area (TPSA) is 70.5 Å². The highest BCUT2D eigenvalue weighted by Crippen LogP contribution is 2.27. The number of rotatable bonds is 4. The van der Waals surface area contributed by atoms with Crippen molar-refractivity contribution in [1.29, 1.82) is 0 Å². The van der Waals surface area contributed by atoms with Gasteiger partial charge in [-0.15, -0.1) is 11.3 Å². The Hall–Kier alpha value is -1.73. The highest BCUT2D eigenvalue weighted by atomic mass is 79.9. The van der Waals surface area contributed by atoms with Crippen LogP contribution in [0.5, 0.6) is 0 Å². The number of carbonyl (C=O) groups is 2. The highest BCUT2D eigenvalue weighted by molar-refractivity contribution is 9.10. The van der Waals surface area contributed by atoms with E-state index in [1.807, 2.05) is 29.6 Å². The fraction of sp³-hybridized carbons (Fsp3) is 0.312. The summed E-state index contributed by atoms with van der Waals surface area (Å²) in [6.45, 7) is 0.512. The van der Waals surface area contributed by atoms with Crippen molar-refractivity contribution in [3.8, 4) is 10.6 Å². The van der Waals surface area contributed by atoms with Crippen LogP contribution in [-0.4, -0.2) is 39.5 Å². The molecule has 0 saturated carbocycles. The maximum absolute atomic E-state index is 12.3. The van der Waals surface area contributed by atoms with E-state index in [4.69, 9.17) is 5.11 Å². The number of carboxylic acids is 1. The molecule has 0 spiro atoms. The van der Waals surface area contributed by atoms with Gasteiger partial charge in [0.15, 0.2) is 0 Å². The van der Waals surface area contributed by atoms with Crippen LogP contribution in [0.1, 0.15) is 18.5 Å². The molecule has 1 aromatic carbocycles. The van der Waals surface area contributed by atoms with E-state index in [1.165, 1.54) is 16.2 Å². The molecule has 1 N–H and O–H groups in total. The van der Waals surface area contributed by atoms with Gasteiger partial charge in [0.25, 0.3) is 0 Å². The van der Waals surface area contributed by atoms with Gasteiger partial charge in [-0.05, 0) is 25.0 Å². The summed E-state index contributed by atoms with van der Waals surface area (Å²) in [6.07, 6.45) is 1.42. The van der Waals surface area contributed by atoms with Crippen molar-refractivity contribution in [1.82, 2.24) is 9.88 Å². The SMILES string of the molecule is O=C(O)C1CCCN1C(=O)Cc1csc(-c2cccc(Br)c2)n1. The summed E-state index contributed by atoms with van der Waals surface area (Å²) in [5.41, 5.74) is 1.68. The number of carboxylic acid groups (broad SMARTS) is 1. The normalized spacial score (nSPS) is 17.4. The molecule has 5 nitrogen and oxygen atoms in total. The van der Waals surface area contributed by atoms with Crippen molar-refractivity contribution in [2.24, 2.45) is 0 Å². The molecule has 0 radical (unpaired) electrons. The lowest BCUT2D eigenvalue weighted by Crippen LogP contribution is -2.41. The number of carbonyl (C=O) groups excluding carboxylic acids is 1. The molecular formula is C16H15BrN2O3S. The Balaban J connectivity index is 1.72. The van der Waals surface area contributed by atoms with Gasteiger partial charge in [0, 0.05) is 22.0 Å². The Labute approximate surface area is 146 Å². The van der Waals surface area contributed by atoms with Crippen LogP contribution in [0, 0.1) is 0 Å². The zero-order valence-electron chi connectivity index (χ0n) is 12.2. The average molecular weight is 395 g/mol. The van der Waals surface area contributed by atoms with E-state index < -0.39 is 12.0 Å². The lowest BCUT2D eigenvalue weighted by Gasteiger charge is -2.20. The third-order valence-corrected chi connectivity index (χ3v) is 5.25. The molecule has 1 unspecified atom stereocenters. The first kappa shape index (κ1) is 16.1. The summed E-state index contributed by atoms with van der Waals surface area (Å²) >= 11 is 4.92. The van der Waals surface area contributed by atoms with E-state index in [1.54, 1.807) is 0 Å². The van der Waals surface area contributed by atoms with Gasteiger partial charge >= 0.3 is 5.97 Å². The van der Waals surface area contributed by atoms with Gasteiger partial charge < -0.3 is 10.0 Å². The molecule has 0 bridgehead atoms. The van der Waals surface area contributed by atoms with Crippen LogP contribution in [0.4, 0.5) is 0 Å². The first-order valence-corrected chi connectivity index (χ1v) is 8.94. The van der Waals surface area contributed by atoms with E-state index in [-0.39, 0.29) is 12.3 Å². The van der Waals surface area contributed by atoms with Gasteiger partial charge in [0.05, 0.1) is 12.1 Å². The van der Waals surface area contributed by atoms with E-state index in [0.29, 0.717) is 18.7 Å². The number of amides is 1. The minimum Gasteiger partial charge on any atom is -0.480 e. The Morgan fingerprint density at radius 1 is 1.43 bits per heavy atom. The largest absolute Gasteiger partial charge is 0.480 e. The molecule has 1 aliphatic heterocycles. The third kappa shape index (κ3) is 3.61. The molecule has 2 aromatic rings. The summed E-state index contributed by atoms with van der Waals surface area (Å²) in [7, 11) is 0. The van der Waals surface area contributed by atoms with Gasteiger partial charge in [0.2, 0.25) is 5.91 Å². The predicted molar refractivity (Wildman–Crippen MR) is 91.3 cm³/mol. The highest BCUT2D eigenvalue weighted by Gasteiger charge is 2.33. The fourth-order valence-corrected chi connectivity index (χ4v) is 3.94. The third-order valence-electron chi connectivity index (χ3n) is 3.81. The lowest BCUT2D eigenvalue weighted by molar-refractivity contribution is -0.148. The Morgan fingerprint density at radius 3 is 3.00 bits per heavy atom. The minimum atomic E-state index is -0.927. The Morgan fingerprint density at radius 2 is 2.26 bits per heavy atom. The molecule has 1 atom stereocenters. The van der Waals surface area contributed by atoms with Gasteiger partial charge in [-0.1, -0.05) is 28.1 Å². The number of halogens is 1. The summed E-state index contributed by atoms with van der Waals surface area (Å²) < 4.78 is 0.976. The van der Waals surface area contributed by atoms with Crippen LogP contribution in [0.2, 0.25) is 0 Å². The standard InChI is InChI=1S/C16H15BrN2O3S/c17-11-4-1-3-10(7-11)15-18-12(9-23-15)8-14(20)19-6-2-5-13(19)16(21)22/h1,3-4,7,9,13H,2,5-6,8H2,(H,21,22). The van der Waals surface area contributed by atoms with Gasteiger partial charge in [-0.2, -0.15) is 0 Å². The van der Waals surface area contributed by atoms with Gasteiger partial charge in [-0.3, -0.25) is 4.79 Å². The molecule has 3 rings (SSSR count). The van der Waals surface area contributed by atoms with Crippen LogP contribution in [0.15, 0.2) is 34.1 Å². The van der Waals surface area contributed by atoms with Gasteiger partial charge in [-0.25, -0.2) is 9.78 Å². The number of hydrogen-bond acceptors (Lipinski definition) is 4. The lowest BCUT2D eigenvalue weighted by atomic mass is 10.2. The van der Waals surface area contributed by atoms with Gasteiger partial charge in [0.1, 0.15) is 11.0 Å². The molecule has 1 aliphatic rings. The molecule has 2 heterocycles. The molecule has 120 valence electrons. The molecule has 1 fully saturated rings. The number of thiazole rings is 1. The summed E-state index contributed by atoms with van der Waals surface area (Å²) in [4.78, 5) is 29.5. The second kappa shape index (κ2) is 6.80. The first-order valence-electron chi connectivity index (χ1n) is 7.27. The second-order valence-electron chi connectivity index (χ2n) is 5.41. The Kier molecular flexibility index (Phi) is 4.77. The van der Waals surface area contributed by atoms with Crippen molar-refractivity contribution < 1.29 is 14.7 Å². The fourth-order valence-electron chi connectivity index (χ4n) is 2.72. The van der Waals surface area contributed by atoms with Crippen molar-refractivity contribution in [3.63, 3.8) is 0 Å². The molecule has 0 aliphatic carbocycles. The van der Waals surface area contributed by atoms with Crippen LogP contribution in [0.3, 0.4) is 0 Å².